The molecule has 148 valence electrons. The number of piperidine rings is 1. The van der Waals surface area contributed by atoms with E-state index in [0.29, 0.717) is 13.2 Å². The van der Waals surface area contributed by atoms with Gasteiger partial charge < -0.3 is 19.9 Å². The van der Waals surface area contributed by atoms with Gasteiger partial charge in [0.15, 0.2) is 5.96 Å². The molecule has 1 atom stereocenters. The van der Waals surface area contributed by atoms with Gasteiger partial charge in [0, 0.05) is 26.2 Å². The Bertz CT molecular complexity index is 393. The minimum atomic E-state index is -0.0719. The maximum Gasteiger partial charge on any atom is 0.310 e. The molecule has 0 aromatic rings. The van der Waals surface area contributed by atoms with Crippen molar-refractivity contribution in [1.82, 2.24) is 15.1 Å². The number of nitrogens with zero attached hydrogens (tertiary/aromatic N) is 3. The summed E-state index contributed by atoms with van der Waals surface area (Å²) in [6, 6.07) is 0. The number of aliphatic imine (C=N–C) groups is 1. The van der Waals surface area contributed by atoms with E-state index < -0.39 is 0 Å². The van der Waals surface area contributed by atoms with Crippen molar-refractivity contribution in [1.29, 1.82) is 0 Å². The minimum Gasteiger partial charge on any atom is -0.466 e. The van der Waals surface area contributed by atoms with Gasteiger partial charge in [-0.25, -0.2) is 0 Å². The van der Waals surface area contributed by atoms with Crippen LogP contribution in [0.2, 0.25) is 0 Å². The Balaban J connectivity index is 0.00000576. The zero-order valence-electron chi connectivity index (χ0n) is 16.4. The lowest BCUT2D eigenvalue weighted by Crippen LogP contribution is -2.48. The van der Waals surface area contributed by atoms with Crippen LogP contribution in [-0.4, -0.2) is 74.7 Å². The monoisotopic (exact) mass is 468 g/mol. The van der Waals surface area contributed by atoms with E-state index in [9.17, 15) is 4.79 Å². The van der Waals surface area contributed by atoms with Gasteiger partial charge in [-0.2, -0.15) is 0 Å². The second-order valence-electron chi connectivity index (χ2n) is 6.43. The van der Waals surface area contributed by atoms with Crippen LogP contribution in [0.15, 0.2) is 4.99 Å². The van der Waals surface area contributed by atoms with Crippen molar-refractivity contribution in [2.24, 2.45) is 10.9 Å². The van der Waals surface area contributed by atoms with Crippen LogP contribution < -0.4 is 5.32 Å². The fraction of sp³-hybridized carbons (Fsp3) is 0.889. The average molecular weight is 468 g/mol. The summed E-state index contributed by atoms with van der Waals surface area (Å²) in [5.74, 6) is 0.822. The Labute approximate surface area is 170 Å². The molecule has 0 bridgehead atoms. The molecule has 25 heavy (non-hydrogen) atoms. The average Bonchev–Trinajstić information content (AvgIpc) is 2.59. The summed E-state index contributed by atoms with van der Waals surface area (Å²) in [5.41, 5.74) is 0. The molecule has 0 aromatic heterocycles. The molecular formula is C18H37IN4O2. The number of ether oxygens (including phenoxy) is 1. The third kappa shape index (κ3) is 9.63. The van der Waals surface area contributed by atoms with Gasteiger partial charge in [-0.15, -0.1) is 24.0 Å². The van der Waals surface area contributed by atoms with Crippen molar-refractivity contribution < 1.29 is 9.53 Å². The number of esters is 1. The Morgan fingerprint density at radius 1 is 1.32 bits per heavy atom. The lowest BCUT2D eigenvalue weighted by atomic mass is 9.98. The van der Waals surface area contributed by atoms with Crippen LogP contribution >= 0.6 is 24.0 Å². The fourth-order valence-corrected chi connectivity index (χ4v) is 2.91. The molecule has 0 amide bonds. The Morgan fingerprint density at radius 2 is 2.08 bits per heavy atom. The topological polar surface area (TPSA) is 57.2 Å². The highest BCUT2D eigenvalue weighted by molar-refractivity contribution is 14.0. The number of halogens is 1. The van der Waals surface area contributed by atoms with Crippen molar-refractivity contribution in [3.8, 4) is 0 Å². The molecule has 0 aliphatic carbocycles. The lowest BCUT2D eigenvalue weighted by Gasteiger charge is -2.34. The van der Waals surface area contributed by atoms with Crippen LogP contribution in [0, 0.1) is 5.92 Å². The highest BCUT2D eigenvalue weighted by Crippen LogP contribution is 2.18. The summed E-state index contributed by atoms with van der Waals surface area (Å²) in [4.78, 5) is 21.3. The number of hydrogen-bond donors (Lipinski definition) is 1. The number of hydrogen-bond acceptors (Lipinski definition) is 4. The Hall–Kier alpha value is -0.570. The van der Waals surface area contributed by atoms with Gasteiger partial charge in [-0.3, -0.25) is 9.79 Å². The van der Waals surface area contributed by atoms with Crippen LogP contribution in [0.1, 0.15) is 46.5 Å². The first-order valence-electron chi connectivity index (χ1n) is 9.50. The summed E-state index contributed by atoms with van der Waals surface area (Å²) in [5, 5.41) is 3.37. The van der Waals surface area contributed by atoms with Crippen LogP contribution in [-0.2, 0) is 9.53 Å². The number of carbonyl (C=O) groups excluding carboxylic acids is 1. The van der Waals surface area contributed by atoms with E-state index >= 15 is 0 Å². The van der Waals surface area contributed by atoms with Gasteiger partial charge in [-0.1, -0.05) is 13.3 Å². The summed E-state index contributed by atoms with van der Waals surface area (Å²) in [7, 11) is 2.15. The van der Waals surface area contributed by atoms with E-state index in [1.54, 1.807) is 0 Å². The van der Waals surface area contributed by atoms with Crippen LogP contribution in [0.25, 0.3) is 0 Å². The molecule has 1 aliphatic rings. The first kappa shape index (κ1) is 24.4. The molecule has 1 heterocycles. The van der Waals surface area contributed by atoms with Crippen LogP contribution in [0.3, 0.4) is 0 Å². The molecule has 6 nitrogen and oxygen atoms in total. The predicted octanol–water partition coefficient (Wildman–Crippen LogP) is 2.58. The van der Waals surface area contributed by atoms with Crippen molar-refractivity contribution in [2.45, 2.75) is 46.5 Å². The molecule has 0 aromatic carbocycles. The summed E-state index contributed by atoms with van der Waals surface area (Å²) >= 11 is 0. The maximum absolute atomic E-state index is 12.0. The number of guanidine groups is 1. The number of rotatable bonds is 9. The van der Waals surface area contributed by atoms with Gasteiger partial charge in [0.05, 0.1) is 19.1 Å². The van der Waals surface area contributed by atoms with Gasteiger partial charge >= 0.3 is 5.97 Å². The normalized spacial score (nSPS) is 18.0. The van der Waals surface area contributed by atoms with E-state index in [2.05, 4.69) is 36.0 Å². The molecule has 0 saturated carbocycles. The molecule has 7 heteroatoms. The van der Waals surface area contributed by atoms with Crippen molar-refractivity contribution in [3.05, 3.63) is 0 Å². The number of unbranched alkanes of at least 4 members (excludes halogenated alkanes) is 1. The molecule has 0 radical (unpaired) electrons. The SMILES string of the molecule is CCCCN(C)CCN=C(NCC)N1CCC[C@H](C(=O)OCC)C1.I. The summed E-state index contributed by atoms with van der Waals surface area (Å²) < 4.78 is 5.19. The number of likely N-dealkylation sites (tertiary alicyclic amines) is 1. The smallest absolute Gasteiger partial charge is 0.310 e. The highest BCUT2D eigenvalue weighted by atomic mass is 127. The van der Waals surface area contributed by atoms with Gasteiger partial charge in [0.1, 0.15) is 0 Å². The standard InChI is InChI=1S/C18H36N4O2.HI/c1-5-8-12-21(4)14-11-20-18(19-6-2)22-13-9-10-16(15-22)17(23)24-7-3;/h16H,5-15H2,1-4H3,(H,19,20);1H/t16-;/m0./s1. The molecule has 1 aliphatic heterocycles. The predicted molar refractivity (Wildman–Crippen MR) is 115 cm³/mol. The van der Waals surface area contributed by atoms with E-state index in [1.807, 2.05) is 6.92 Å². The van der Waals surface area contributed by atoms with E-state index in [0.717, 1.165) is 51.5 Å². The fourth-order valence-electron chi connectivity index (χ4n) is 2.91. The maximum atomic E-state index is 12.0. The first-order chi connectivity index (χ1) is 11.6. The third-order valence-electron chi connectivity index (χ3n) is 4.31. The Kier molecular flexibility index (Phi) is 14.3. The largest absolute Gasteiger partial charge is 0.466 e. The zero-order chi connectivity index (χ0) is 17.8. The van der Waals surface area contributed by atoms with Gasteiger partial charge in [-0.05, 0) is 46.7 Å². The van der Waals surface area contributed by atoms with Crippen molar-refractivity contribution >= 4 is 35.9 Å². The van der Waals surface area contributed by atoms with Gasteiger partial charge in [0.25, 0.3) is 0 Å². The number of likely N-dealkylation sites (N-methyl/N-ethyl adjacent to an activating group) is 1. The number of carbonyl (C=O) groups is 1. The third-order valence-corrected chi connectivity index (χ3v) is 4.31. The summed E-state index contributed by atoms with van der Waals surface area (Å²) in [6.07, 6.45) is 4.37. The van der Waals surface area contributed by atoms with Crippen molar-refractivity contribution in [2.75, 3.05) is 52.9 Å². The van der Waals surface area contributed by atoms with Crippen LogP contribution in [0.5, 0.6) is 0 Å². The Morgan fingerprint density at radius 3 is 2.72 bits per heavy atom. The second-order valence-corrected chi connectivity index (χ2v) is 6.43. The van der Waals surface area contributed by atoms with E-state index in [1.165, 1.54) is 12.8 Å². The molecule has 1 N–H and O–H groups in total. The second kappa shape index (κ2) is 14.6. The molecule has 1 saturated heterocycles. The zero-order valence-corrected chi connectivity index (χ0v) is 18.8. The van der Waals surface area contributed by atoms with Crippen LogP contribution in [0.4, 0.5) is 0 Å². The molecule has 0 unspecified atom stereocenters. The lowest BCUT2D eigenvalue weighted by molar-refractivity contribution is -0.149. The quantitative estimate of drug-likeness (QED) is 0.244. The highest BCUT2D eigenvalue weighted by Gasteiger charge is 2.28. The molecule has 1 fully saturated rings. The minimum absolute atomic E-state index is 0. The van der Waals surface area contributed by atoms with E-state index in [4.69, 9.17) is 9.73 Å². The van der Waals surface area contributed by atoms with E-state index in [-0.39, 0.29) is 35.9 Å². The first-order valence-corrected chi connectivity index (χ1v) is 9.50. The van der Waals surface area contributed by atoms with Gasteiger partial charge in [0.2, 0.25) is 0 Å². The van der Waals surface area contributed by atoms with Crippen molar-refractivity contribution in [3.63, 3.8) is 0 Å². The number of nitrogens with one attached hydrogen (secondary N) is 1. The summed E-state index contributed by atoms with van der Waals surface area (Å²) in [6.45, 7) is 12.0. The molecule has 1 rings (SSSR count). The molecular weight excluding hydrogens is 431 g/mol. The molecule has 0 spiro atoms.